The number of rotatable bonds is 3. The van der Waals surface area contributed by atoms with Crippen molar-refractivity contribution >= 4 is 11.9 Å². The number of imidazole rings is 1. The van der Waals surface area contributed by atoms with Crippen LogP contribution in [0.15, 0.2) is 55.0 Å². The van der Waals surface area contributed by atoms with Gasteiger partial charge in [0, 0.05) is 44.1 Å². The van der Waals surface area contributed by atoms with Gasteiger partial charge in [0.15, 0.2) is 0 Å². The van der Waals surface area contributed by atoms with Crippen LogP contribution in [-0.2, 0) is 0 Å². The quantitative estimate of drug-likeness (QED) is 0.791. The van der Waals surface area contributed by atoms with E-state index in [4.69, 9.17) is 0 Å². The number of carbonyl (C=O) groups is 1. The van der Waals surface area contributed by atoms with Crippen LogP contribution in [0, 0.1) is 0 Å². The normalized spacial score (nSPS) is 14.6. The second-order valence-corrected chi connectivity index (χ2v) is 5.84. The Morgan fingerprint density at radius 3 is 2.36 bits per heavy atom. The number of hydrogen-bond acceptors (Lipinski definition) is 5. The molecule has 1 amide bonds. The van der Waals surface area contributed by atoms with Crippen molar-refractivity contribution in [2.45, 2.75) is 0 Å². The minimum absolute atomic E-state index is 0.0247. The molecule has 1 aliphatic heterocycles. The zero-order valence-electron chi connectivity index (χ0n) is 13.7. The van der Waals surface area contributed by atoms with Crippen molar-refractivity contribution in [2.24, 2.45) is 0 Å². The molecule has 25 heavy (non-hydrogen) atoms. The van der Waals surface area contributed by atoms with Crippen LogP contribution >= 0.6 is 0 Å². The van der Waals surface area contributed by atoms with Gasteiger partial charge in [-0.05, 0) is 6.07 Å². The Labute approximate surface area is 145 Å². The van der Waals surface area contributed by atoms with Crippen molar-refractivity contribution in [3.8, 4) is 11.4 Å². The van der Waals surface area contributed by atoms with Crippen LogP contribution in [-0.4, -0.2) is 56.9 Å². The number of amides is 1. The first kappa shape index (κ1) is 15.3. The minimum atomic E-state index is -0.0247. The Hall–Kier alpha value is -3.22. The van der Waals surface area contributed by atoms with Gasteiger partial charge in [-0.25, -0.2) is 15.0 Å². The highest BCUT2D eigenvalue weighted by atomic mass is 16.2. The van der Waals surface area contributed by atoms with Gasteiger partial charge in [-0.15, -0.1) is 0 Å². The molecule has 0 bridgehead atoms. The molecular formula is C18H18N6O. The lowest BCUT2D eigenvalue weighted by atomic mass is 10.2. The van der Waals surface area contributed by atoms with E-state index in [1.807, 2.05) is 35.2 Å². The standard InChI is InChI=1S/C18H18N6O/c25-17(15-13-21-16(22-15)14-5-2-1-3-6-14)23-9-11-24(12-10-23)18-19-7-4-8-20-18/h1-8,13H,9-12H2,(H,21,22). The summed E-state index contributed by atoms with van der Waals surface area (Å²) in [7, 11) is 0. The first-order valence-corrected chi connectivity index (χ1v) is 8.23. The molecule has 0 aliphatic carbocycles. The summed E-state index contributed by atoms with van der Waals surface area (Å²) in [6.45, 7) is 2.71. The third-order valence-electron chi connectivity index (χ3n) is 4.26. The average molecular weight is 334 g/mol. The number of aromatic amines is 1. The van der Waals surface area contributed by atoms with Crippen LogP contribution in [0.5, 0.6) is 0 Å². The third kappa shape index (κ3) is 3.21. The molecule has 2 aromatic heterocycles. The number of hydrogen-bond donors (Lipinski definition) is 1. The maximum absolute atomic E-state index is 12.7. The van der Waals surface area contributed by atoms with E-state index in [-0.39, 0.29) is 5.91 Å². The number of benzene rings is 1. The largest absolute Gasteiger partial charge is 0.337 e. The molecule has 0 atom stereocenters. The van der Waals surface area contributed by atoms with Crippen molar-refractivity contribution in [3.05, 3.63) is 60.7 Å². The molecule has 1 fully saturated rings. The molecular weight excluding hydrogens is 316 g/mol. The molecule has 0 spiro atoms. The monoisotopic (exact) mass is 334 g/mol. The summed E-state index contributed by atoms with van der Waals surface area (Å²) in [4.78, 5) is 32.6. The number of aromatic nitrogens is 4. The fraction of sp³-hybridized carbons (Fsp3) is 0.222. The maximum Gasteiger partial charge on any atom is 0.272 e. The summed E-state index contributed by atoms with van der Waals surface area (Å²) in [5.41, 5.74) is 1.48. The van der Waals surface area contributed by atoms with E-state index in [0.29, 0.717) is 30.6 Å². The number of piperazine rings is 1. The van der Waals surface area contributed by atoms with Gasteiger partial charge in [0.1, 0.15) is 11.5 Å². The second-order valence-electron chi connectivity index (χ2n) is 5.84. The molecule has 1 aromatic carbocycles. The Morgan fingerprint density at radius 1 is 0.920 bits per heavy atom. The van der Waals surface area contributed by atoms with Crippen LogP contribution in [0.3, 0.4) is 0 Å². The van der Waals surface area contributed by atoms with Crippen molar-refractivity contribution in [3.63, 3.8) is 0 Å². The minimum Gasteiger partial charge on any atom is -0.337 e. The first-order chi connectivity index (χ1) is 12.3. The summed E-state index contributed by atoms with van der Waals surface area (Å²) in [6, 6.07) is 11.6. The molecule has 4 rings (SSSR count). The topological polar surface area (TPSA) is 78.0 Å². The van der Waals surface area contributed by atoms with Gasteiger partial charge in [-0.2, -0.15) is 0 Å². The van der Waals surface area contributed by atoms with Crippen LogP contribution in [0.2, 0.25) is 0 Å². The number of carbonyl (C=O) groups excluding carboxylic acids is 1. The van der Waals surface area contributed by atoms with Crippen molar-refractivity contribution in [1.29, 1.82) is 0 Å². The maximum atomic E-state index is 12.7. The van der Waals surface area contributed by atoms with Crippen molar-refractivity contribution in [2.75, 3.05) is 31.1 Å². The highest BCUT2D eigenvalue weighted by Gasteiger charge is 2.24. The summed E-state index contributed by atoms with van der Waals surface area (Å²) < 4.78 is 0. The SMILES string of the molecule is O=C(c1cnc(-c2ccccc2)[nH]1)N1CCN(c2ncccn2)CC1. The average Bonchev–Trinajstić information content (AvgIpc) is 3.19. The van der Waals surface area contributed by atoms with E-state index >= 15 is 0 Å². The van der Waals surface area contributed by atoms with Crippen molar-refractivity contribution < 1.29 is 4.79 Å². The Kier molecular flexibility index (Phi) is 4.12. The van der Waals surface area contributed by atoms with E-state index in [9.17, 15) is 4.79 Å². The predicted molar refractivity (Wildman–Crippen MR) is 94.2 cm³/mol. The summed E-state index contributed by atoms with van der Waals surface area (Å²) in [5.74, 6) is 1.39. The number of nitrogens with one attached hydrogen (secondary N) is 1. The van der Waals surface area contributed by atoms with Gasteiger partial charge in [0.2, 0.25) is 5.95 Å². The first-order valence-electron chi connectivity index (χ1n) is 8.23. The Morgan fingerprint density at radius 2 is 1.64 bits per heavy atom. The number of H-pyrrole nitrogens is 1. The predicted octanol–water partition coefficient (Wildman–Crippen LogP) is 1.83. The third-order valence-corrected chi connectivity index (χ3v) is 4.26. The molecule has 3 heterocycles. The van der Waals surface area contributed by atoms with Crippen LogP contribution in [0.4, 0.5) is 5.95 Å². The van der Waals surface area contributed by atoms with E-state index in [0.717, 1.165) is 18.7 Å². The number of anilines is 1. The Bertz CT molecular complexity index is 840. The summed E-state index contributed by atoms with van der Waals surface area (Å²) in [5, 5.41) is 0. The van der Waals surface area contributed by atoms with Gasteiger partial charge < -0.3 is 14.8 Å². The van der Waals surface area contributed by atoms with Crippen molar-refractivity contribution in [1.82, 2.24) is 24.8 Å². The highest BCUT2D eigenvalue weighted by Crippen LogP contribution is 2.17. The van der Waals surface area contributed by atoms with Gasteiger partial charge in [-0.1, -0.05) is 30.3 Å². The molecule has 1 saturated heterocycles. The summed E-state index contributed by atoms with van der Waals surface area (Å²) in [6.07, 6.45) is 5.07. The van der Waals surface area contributed by atoms with Crippen LogP contribution < -0.4 is 4.90 Å². The fourth-order valence-corrected chi connectivity index (χ4v) is 2.91. The molecule has 1 N–H and O–H groups in total. The van der Waals surface area contributed by atoms with Gasteiger partial charge in [0.05, 0.1) is 6.20 Å². The molecule has 0 unspecified atom stereocenters. The van der Waals surface area contributed by atoms with Gasteiger partial charge >= 0.3 is 0 Å². The van der Waals surface area contributed by atoms with Crippen LogP contribution in [0.1, 0.15) is 10.5 Å². The van der Waals surface area contributed by atoms with E-state index in [1.165, 1.54) is 0 Å². The fourth-order valence-electron chi connectivity index (χ4n) is 2.91. The van der Waals surface area contributed by atoms with Crippen LogP contribution in [0.25, 0.3) is 11.4 Å². The van der Waals surface area contributed by atoms with E-state index in [1.54, 1.807) is 24.7 Å². The zero-order valence-corrected chi connectivity index (χ0v) is 13.7. The zero-order chi connectivity index (χ0) is 17.1. The smallest absolute Gasteiger partial charge is 0.272 e. The lowest BCUT2D eigenvalue weighted by Crippen LogP contribution is -2.49. The van der Waals surface area contributed by atoms with Gasteiger partial charge in [-0.3, -0.25) is 4.79 Å². The summed E-state index contributed by atoms with van der Waals surface area (Å²) >= 11 is 0. The molecule has 0 radical (unpaired) electrons. The van der Waals surface area contributed by atoms with E-state index in [2.05, 4.69) is 24.8 Å². The molecule has 7 nitrogen and oxygen atoms in total. The van der Waals surface area contributed by atoms with Gasteiger partial charge in [0.25, 0.3) is 5.91 Å². The molecule has 0 saturated carbocycles. The van der Waals surface area contributed by atoms with E-state index < -0.39 is 0 Å². The highest BCUT2D eigenvalue weighted by molar-refractivity contribution is 5.93. The lowest BCUT2D eigenvalue weighted by Gasteiger charge is -2.34. The Balaban J connectivity index is 1.42. The molecule has 7 heteroatoms. The molecule has 1 aliphatic rings. The lowest BCUT2D eigenvalue weighted by molar-refractivity contribution is 0.0741. The molecule has 126 valence electrons. The number of nitrogens with zero attached hydrogens (tertiary/aromatic N) is 5. The molecule has 3 aromatic rings. The second kappa shape index (κ2) is 6.72.